The maximum atomic E-state index is 14.6. The second-order valence-electron chi connectivity index (χ2n) is 8.13. The minimum absolute atomic E-state index is 0.206. The number of rotatable bonds is 2. The molecule has 0 aliphatic heterocycles. The molecule has 5 rings (SSSR count). The van der Waals surface area contributed by atoms with Gasteiger partial charge in [-0.05, 0) is 41.1 Å². The normalized spacial score (nSPS) is 12.0. The summed E-state index contributed by atoms with van der Waals surface area (Å²) in [6, 6.07) is 12.2. The summed E-state index contributed by atoms with van der Waals surface area (Å²) >= 11 is 0. The van der Waals surface area contributed by atoms with Crippen LogP contribution in [0.2, 0.25) is 0 Å². The molecule has 3 aromatic carbocycles. The van der Waals surface area contributed by atoms with E-state index in [4.69, 9.17) is 4.42 Å². The van der Waals surface area contributed by atoms with Crippen molar-refractivity contribution >= 4 is 32.8 Å². The summed E-state index contributed by atoms with van der Waals surface area (Å²) in [5.41, 5.74) is 5.63. The van der Waals surface area contributed by atoms with Crippen molar-refractivity contribution in [2.45, 2.75) is 26.7 Å². The smallest absolute Gasteiger partial charge is 0.287 e. The molecule has 0 aliphatic rings. The molecule has 0 aliphatic carbocycles. The second-order valence-corrected chi connectivity index (χ2v) is 8.13. The van der Waals surface area contributed by atoms with Gasteiger partial charge in [0, 0.05) is 17.5 Å². The van der Waals surface area contributed by atoms with E-state index in [0.29, 0.717) is 22.3 Å². The van der Waals surface area contributed by atoms with Gasteiger partial charge in [0.25, 0.3) is 6.33 Å². The lowest BCUT2D eigenvalue weighted by Crippen LogP contribution is -2.32. The molecule has 0 fully saturated rings. The average molecular weight is 403 g/mol. The molecular weight excluding hydrogens is 382 g/mol. The van der Waals surface area contributed by atoms with E-state index in [-0.39, 0.29) is 5.58 Å². The van der Waals surface area contributed by atoms with Crippen molar-refractivity contribution in [2.75, 3.05) is 0 Å². The third-order valence-corrected chi connectivity index (χ3v) is 5.77. The number of aryl methyl sites for hydroxylation is 2. The Hall–Kier alpha value is -3.34. The van der Waals surface area contributed by atoms with E-state index in [1.165, 1.54) is 11.6 Å². The molecule has 0 radical (unpaired) electrons. The zero-order valence-corrected chi connectivity index (χ0v) is 17.3. The van der Waals surface area contributed by atoms with Crippen molar-refractivity contribution in [2.24, 2.45) is 7.05 Å². The van der Waals surface area contributed by atoms with E-state index in [1.54, 1.807) is 6.33 Å². The molecule has 0 amide bonds. The number of furan rings is 1. The molecule has 0 bridgehead atoms. The molecule has 0 saturated carbocycles. The number of aromatic nitrogens is 2. The topological polar surface area (TPSA) is 29.9 Å². The Labute approximate surface area is 172 Å². The van der Waals surface area contributed by atoms with E-state index in [0.717, 1.165) is 33.8 Å². The first-order chi connectivity index (χ1) is 14.3. The Balaban J connectivity index is 1.92. The molecule has 2 heterocycles. The maximum Gasteiger partial charge on any atom is 0.287 e. The zero-order valence-electron chi connectivity index (χ0n) is 17.3. The van der Waals surface area contributed by atoms with Crippen LogP contribution in [-0.4, -0.2) is 4.98 Å². The van der Waals surface area contributed by atoms with Gasteiger partial charge in [-0.25, -0.2) is 13.3 Å². The highest BCUT2D eigenvalue weighted by Gasteiger charge is 2.24. The van der Waals surface area contributed by atoms with Crippen LogP contribution >= 0.6 is 0 Å². The number of halogens is 2. The molecule has 0 atom stereocenters. The minimum Gasteiger partial charge on any atom is -0.455 e. The van der Waals surface area contributed by atoms with Gasteiger partial charge in [-0.15, -0.1) is 0 Å². The van der Waals surface area contributed by atoms with Gasteiger partial charge in [0.1, 0.15) is 28.5 Å². The van der Waals surface area contributed by atoms with E-state index in [1.807, 2.05) is 30.7 Å². The van der Waals surface area contributed by atoms with E-state index < -0.39 is 11.6 Å². The molecule has 0 spiro atoms. The second kappa shape index (κ2) is 6.59. The standard InChI is InChI=1S/C25H21F2N2O/c1-13(2)15-6-8-17-20(9-15)28-12-29(4)24(17)22-14(3)5-7-18-23-19(27)10-16(26)11-21(23)30-25(18)22/h5-13H,1-4H3/q+1. The van der Waals surface area contributed by atoms with Crippen molar-refractivity contribution in [1.82, 2.24) is 4.98 Å². The largest absolute Gasteiger partial charge is 0.455 e. The molecule has 5 heteroatoms. The summed E-state index contributed by atoms with van der Waals surface area (Å²) in [5, 5.41) is 1.91. The summed E-state index contributed by atoms with van der Waals surface area (Å²) in [4.78, 5) is 4.61. The van der Waals surface area contributed by atoms with Crippen molar-refractivity contribution < 1.29 is 17.8 Å². The molecule has 30 heavy (non-hydrogen) atoms. The summed E-state index contributed by atoms with van der Waals surface area (Å²) < 4.78 is 36.4. The molecular formula is C25H21F2N2O+. The van der Waals surface area contributed by atoms with E-state index >= 15 is 0 Å². The van der Waals surface area contributed by atoms with Gasteiger partial charge >= 0.3 is 0 Å². The molecule has 2 aromatic heterocycles. The Morgan fingerprint density at radius 1 is 1.00 bits per heavy atom. The maximum absolute atomic E-state index is 14.6. The van der Waals surface area contributed by atoms with Crippen LogP contribution in [0.4, 0.5) is 8.78 Å². The summed E-state index contributed by atoms with van der Waals surface area (Å²) in [7, 11) is 1.93. The van der Waals surface area contributed by atoms with Gasteiger partial charge in [0.15, 0.2) is 5.52 Å². The first-order valence-corrected chi connectivity index (χ1v) is 9.94. The van der Waals surface area contributed by atoms with E-state index in [9.17, 15) is 8.78 Å². The van der Waals surface area contributed by atoms with Crippen LogP contribution in [0.1, 0.15) is 30.9 Å². The van der Waals surface area contributed by atoms with Crippen LogP contribution in [0, 0.1) is 18.6 Å². The zero-order chi connectivity index (χ0) is 21.2. The fourth-order valence-corrected chi connectivity index (χ4v) is 4.20. The van der Waals surface area contributed by atoms with Crippen LogP contribution in [0.5, 0.6) is 0 Å². The summed E-state index contributed by atoms with van der Waals surface area (Å²) in [6.07, 6.45) is 1.78. The average Bonchev–Trinajstić information content (AvgIpc) is 3.06. The highest BCUT2D eigenvalue weighted by atomic mass is 19.1. The molecule has 0 saturated heterocycles. The van der Waals surface area contributed by atoms with Crippen molar-refractivity contribution in [1.29, 1.82) is 0 Å². The van der Waals surface area contributed by atoms with Crippen molar-refractivity contribution in [3.05, 3.63) is 71.6 Å². The fourth-order valence-electron chi connectivity index (χ4n) is 4.20. The van der Waals surface area contributed by atoms with Crippen molar-refractivity contribution in [3.8, 4) is 11.3 Å². The number of fused-ring (bicyclic) bond motifs is 4. The van der Waals surface area contributed by atoms with Gasteiger partial charge in [-0.3, -0.25) is 0 Å². The Bertz CT molecular complexity index is 1470. The van der Waals surface area contributed by atoms with Gasteiger partial charge in [0.2, 0.25) is 0 Å². The van der Waals surface area contributed by atoms with Crippen LogP contribution < -0.4 is 4.57 Å². The first kappa shape index (κ1) is 18.7. The highest BCUT2D eigenvalue weighted by molar-refractivity contribution is 6.11. The number of hydrogen-bond donors (Lipinski definition) is 0. The number of hydrogen-bond acceptors (Lipinski definition) is 2. The SMILES string of the molecule is Cc1ccc2c(oc3cc(F)cc(F)c32)c1-c1c2ccc(C(C)C)cc2nc[n+]1C. The molecule has 5 aromatic rings. The monoisotopic (exact) mass is 403 g/mol. The Kier molecular flexibility index (Phi) is 4.10. The minimum atomic E-state index is -0.654. The molecule has 0 unspecified atom stereocenters. The highest BCUT2D eigenvalue weighted by Crippen LogP contribution is 2.40. The van der Waals surface area contributed by atoms with Crippen LogP contribution in [-0.2, 0) is 7.05 Å². The van der Waals surface area contributed by atoms with Crippen LogP contribution in [0.3, 0.4) is 0 Å². The summed E-state index contributed by atoms with van der Waals surface area (Å²) in [6.45, 7) is 6.30. The predicted molar refractivity (Wildman–Crippen MR) is 114 cm³/mol. The van der Waals surface area contributed by atoms with E-state index in [2.05, 4.69) is 37.0 Å². The fraction of sp³-hybridized carbons (Fsp3) is 0.200. The van der Waals surface area contributed by atoms with Crippen LogP contribution in [0.15, 0.2) is 53.2 Å². The Morgan fingerprint density at radius 2 is 1.77 bits per heavy atom. The Morgan fingerprint density at radius 3 is 2.53 bits per heavy atom. The van der Waals surface area contributed by atoms with Gasteiger partial charge < -0.3 is 4.42 Å². The van der Waals surface area contributed by atoms with Gasteiger partial charge in [0.05, 0.1) is 23.4 Å². The first-order valence-electron chi connectivity index (χ1n) is 9.94. The van der Waals surface area contributed by atoms with Gasteiger partial charge in [-0.1, -0.05) is 32.0 Å². The lowest BCUT2D eigenvalue weighted by molar-refractivity contribution is -0.662. The lowest BCUT2D eigenvalue weighted by Gasteiger charge is -2.11. The van der Waals surface area contributed by atoms with Gasteiger partial charge in [-0.2, -0.15) is 0 Å². The lowest BCUT2D eigenvalue weighted by atomic mass is 9.96. The molecule has 3 nitrogen and oxygen atoms in total. The van der Waals surface area contributed by atoms with Crippen molar-refractivity contribution in [3.63, 3.8) is 0 Å². The number of nitrogens with zero attached hydrogens (tertiary/aromatic N) is 2. The number of benzene rings is 3. The quantitative estimate of drug-likeness (QED) is 0.322. The van der Waals surface area contributed by atoms with Crippen LogP contribution in [0.25, 0.3) is 44.1 Å². The third-order valence-electron chi connectivity index (χ3n) is 5.77. The summed E-state index contributed by atoms with van der Waals surface area (Å²) in [5.74, 6) is -0.880. The third kappa shape index (κ3) is 2.69. The molecule has 150 valence electrons. The predicted octanol–water partition coefficient (Wildman–Crippen LogP) is 6.34. The molecule has 0 N–H and O–H groups in total.